The minimum absolute atomic E-state index is 0.279. The van der Waals surface area contributed by atoms with Gasteiger partial charge in [-0.05, 0) is 48.5 Å². The number of hydrogen-bond acceptors (Lipinski definition) is 3. The number of rotatable bonds is 8. The van der Waals surface area contributed by atoms with Crippen molar-refractivity contribution >= 4 is 11.8 Å². The van der Waals surface area contributed by atoms with Gasteiger partial charge in [-0.3, -0.25) is 0 Å². The Balaban J connectivity index is 2.26. The van der Waals surface area contributed by atoms with Crippen molar-refractivity contribution in [1.82, 2.24) is 0 Å². The average Bonchev–Trinajstić information content (AvgIpc) is 2.36. The molecule has 0 spiro atoms. The van der Waals surface area contributed by atoms with E-state index < -0.39 is 0 Å². The average molecular weight is 253 g/mol. The number of nitrogens with two attached hydrogens (primary N) is 1. The highest BCUT2D eigenvalue weighted by molar-refractivity contribution is 7.99. The van der Waals surface area contributed by atoms with Crippen molar-refractivity contribution in [1.29, 1.82) is 0 Å². The monoisotopic (exact) mass is 253 g/mol. The lowest BCUT2D eigenvalue weighted by molar-refractivity contribution is 0.414. The van der Waals surface area contributed by atoms with E-state index in [9.17, 15) is 0 Å². The first-order valence-corrected chi connectivity index (χ1v) is 7.38. The molecule has 0 aliphatic carbocycles. The molecule has 17 heavy (non-hydrogen) atoms. The van der Waals surface area contributed by atoms with Crippen LogP contribution in [0.2, 0.25) is 0 Å². The standard InChI is InChI=1S/C14H23NOS/c1-3-17-10-4-5-13(15)11-12-6-8-14(16-2)9-7-12/h6-9,13H,3-5,10-11,15H2,1-2H3. The Morgan fingerprint density at radius 2 is 2.00 bits per heavy atom. The lowest BCUT2D eigenvalue weighted by Crippen LogP contribution is -2.22. The van der Waals surface area contributed by atoms with Gasteiger partial charge in [0.15, 0.2) is 0 Å². The highest BCUT2D eigenvalue weighted by Gasteiger charge is 2.04. The fraction of sp³-hybridized carbons (Fsp3) is 0.571. The molecule has 0 heterocycles. The van der Waals surface area contributed by atoms with E-state index in [0.717, 1.165) is 18.6 Å². The van der Waals surface area contributed by atoms with Gasteiger partial charge in [0, 0.05) is 6.04 Å². The number of methoxy groups -OCH3 is 1. The molecule has 1 unspecified atom stereocenters. The zero-order chi connectivity index (χ0) is 12.5. The zero-order valence-corrected chi connectivity index (χ0v) is 11.6. The SMILES string of the molecule is CCSCCCC(N)Cc1ccc(OC)cc1. The molecule has 96 valence electrons. The van der Waals surface area contributed by atoms with Crippen LogP contribution in [0.1, 0.15) is 25.3 Å². The lowest BCUT2D eigenvalue weighted by atomic mass is 10.0. The van der Waals surface area contributed by atoms with Gasteiger partial charge in [0.05, 0.1) is 7.11 Å². The number of ether oxygens (including phenoxy) is 1. The molecule has 0 saturated heterocycles. The van der Waals surface area contributed by atoms with E-state index in [4.69, 9.17) is 10.5 Å². The fourth-order valence-corrected chi connectivity index (χ4v) is 2.42. The number of thioether (sulfide) groups is 1. The van der Waals surface area contributed by atoms with Crippen LogP contribution in [-0.4, -0.2) is 24.7 Å². The molecular formula is C14H23NOS. The minimum Gasteiger partial charge on any atom is -0.497 e. The molecule has 0 saturated carbocycles. The molecule has 1 aromatic rings. The van der Waals surface area contributed by atoms with Gasteiger partial charge in [-0.1, -0.05) is 19.1 Å². The van der Waals surface area contributed by atoms with Crippen molar-refractivity contribution in [3.05, 3.63) is 29.8 Å². The maximum absolute atomic E-state index is 6.12. The summed E-state index contributed by atoms with van der Waals surface area (Å²) in [6, 6.07) is 8.46. The molecule has 2 N–H and O–H groups in total. The Hall–Kier alpha value is -0.670. The van der Waals surface area contributed by atoms with Gasteiger partial charge in [-0.15, -0.1) is 0 Å². The first kappa shape index (κ1) is 14.4. The predicted octanol–water partition coefficient (Wildman–Crippen LogP) is 3.10. The van der Waals surface area contributed by atoms with Crippen molar-refractivity contribution in [3.8, 4) is 5.75 Å². The minimum atomic E-state index is 0.279. The van der Waals surface area contributed by atoms with Crippen molar-refractivity contribution in [2.75, 3.05) is 18.6 Å². The second kappa shape index (κ2) is 8.43. The fourth-order valence-electron chi connectivity index (χ4n) is 1.76. The summed E-state index contributed by atoms with van der Waals surface area (Å²) in [7, 11) is 1.69. The molecule has 1 aromatic carbocycles. The summed E-state index contributed by atoms with van der Waals surface area (Å²) in [6.45, 7) is 2.20. The molecule has 0 bridgehead atoms. The van der Waals surface area contributed by atoms with Crippen LogP contribution in [0.3, 0.4) is 0 Å². The van der Waals surface area contributed by atoms with E-state index >= 15 is 0 Å². The third kappa shape index (κ3) is 5.99. The molecule has 0 aromatic heterocycles. The van der Waals surface area contributed by atoms with Crippen LogP contribution in [0.4, 0.5) is 0 Å². The molecule has 2 nitrogen and oxygen atoms in total. The summed E-state index contributed by atoms with van der Waals surface area (Å²) in [5, 5.41) is 0. The van der Waals surface area contributed by atoms with Crippen LogP contribution in [0.5, 0.6) is 5.75 Å². The molecule has 1 atom stereocenters. The molecule has 0 fully saturated rings. The smallest absolute Gasteiger partial charge is 0.118 e. The number of hydrogen-bond donors (Lipinski definition) is 1. The summed E-state index contributed by atoms with van der Waals surface area (Å²) in [5.74, 6) is 3.34. The topological polar surface area (TPSA) is 35.2 Å². The van der Waals surface area contributed by atoms with Gasteiger partial charge in [-0.25, -0.2) is 0 Å². The van der Waals surface area contributed by atoms with Crippen LogP contribution in [0, 0.1) is 0 Å². The Morgan fingerprint density at radius 1 is 1.29 bits per heavy atom. The van der Waals surface area contributed by atoms with Crippen molar-refractivity contribution in [2.45, 2.75) is 32.2 Å². The second-order valence-electron chi connectivity index (χ2n) is 4.15. The van der Waals surface area contributed by atoms with Gasteiger partial charge >= 0.3 is 0 Å². The Morgan fingerprint density at radius 3 is 2.59 bits per heavy atom. The summed E-state index contributed by atoms with van der Waals surface area (Å²) < 4.78 is 5.13. The molecular weight excluding hydrogens is 230 g/mol. The van der Waals surface area contributed by atoms with Crippen molar-refractivity contribution in [3.63, 3.8) is 0 Å². The van der Waals surface area contributed by atoms with Crippen LogP contribution >= 0.6 is 11.8 Å². The molecule has 1 rings (SSSR count). The molecule has 0 aliphatic rings. The third-order valence-corrected chi connectivity index (χ3v) is 3.71. The predicted molar refractivity (Wildman–Crippen MR) is 76.9 cm³/mol. The normalized spacial score (nSPS) is 12.4. The highest BCUT2D eigenvalue weighted by Crippen LogP contribution is 2.14. The largest absolute Gasteiger partial charge is 0.497 e. The van der Waals surface area contributed by atoms with Gasteiger partial charge in [0.2, 0.25) is 0 Å². The summed E-state index contributed by atoms with van der Waals surface area (Å²) >= 11 is 1.99. The van der Waals surface area contributed by atoms with Gasteiger partial charge in [0.1, 0.15) is 5.75 Å². The van der Waals surface area contributed by atoms with E-state index in [-0.39, 0.29) is 6.04 Å². The first-order chi connectivity index (χ1) is 8.26. The summed E-state index contributed by atoms with van der Waals surface area (Å²) in [4.78, 5) is 0. The van der Waals surface area contributed by atoms with Crippen LogP contribution in [0.25, 0.3) is 0 Å². The first-order valence-electron chi connectivity index (χ1n) is 6.22. The summed E-state index contributed by atoms with van der Waals surface area (Å²) in [5.41, 5.74) is 7.41. The van der Waals surface area contributed by atoms with Crippen LogP contribution in [0.15, 0.2) is 24.3 Å². The van der Waals surface area contributed by atoms with E-state index in [1.165, 1.54) is 23.5 Å². The molecule has 3 heteroatoms. The highest BCUT2D eigenvalue weighted by atomic mass is 32.2. The van der Waals surface area contributed by atoms with Crippen LogP contribution in [-0.2, 0) is 6.42 Å². The molecule has 0 amide bonds. The van der Waals surface area contributed by atoms with E-state index in [1.807, 2.05) is 23.9 Å². The van der Waals surface area contributed by atoms with Gasteiger partial charge in [0.25, 0.3) is 0 Å². The Bertz CT molecular complexity index is 300. The third-order valence-electron chi connectivity index (χ3n) is 2.72. The van der Waals surface area contributed by atoms with Gasteiger partial charge < -0.3 is 10.5 Å². The van der Waals surface area contributed by atoms with Crippen molar-refractivity contribution < 1.29 is 4.74 Å². The maximum atomic E-state index is 6.12. The maximum Gasteiger partial charge on any atom is 0.118 e. The van der Waals surface area contributed by atoms with E-state index in [2.05, 4.69) is 19.1 Å². The Kier molecular flexibility index (Phi) is 7.13. The molecule has 0 aliphatic heterocycles. The second-order valence-corrected chi connectivity index (χ2v) is 5.55. The quantitative estimate of drug-likeness (QED) is 0.723. The van der Waals surface area contributed by atoms with Crippen LogP contribution < -0.4 is 10.5 Å². The number of benzene rings is 1. The zero-order valence-electron chi connectivity index (χ0n) is 10.8. The van der Waals surface area contributed by atoms with Crippen molar-refractivity contribution in [2.24, 2.45) is 5.73 Å². The lowest BCUT2D eigenvalue weighted by Gasteiger charge is -2.11. The van der Waals surface area contributed by atoms with Gasteiger partial charge in [-0.2, -0.15) is 11.8 Å². The van der Waals surface area contributed by atoms with E-state index in [1.54, 1.807) is 7.11 Å². The molecule has 0 radical (unpaired) electrons. The Labute approximate surface area is 109 Å². The van der Waals surface area contributed by atoms with E-state index in [0.29, 0.717) is 0 Å². The summed E-state index contributed by atoms with van der Waals surface area (Å²) in [6.07, 6.45) is 3.29.